The summed E-state index contributed by atoms with van der Waals surface area (Å²) < 4.78 is 23.1. The molecule has 0 atom stereocenters. The highest BCUT2D eigenvalue weighted by Crippen LogP contribution is 2.39. The van der Waals surface area contributed by atoms with E-state index in [4.69, 9.17) is 30.8 Å². The van der Waals surface area contributed by atoms with E-state index in [-0.39, 0.29) is 5.11 Å². The third kappa shape index (κ3) is 6.67. The topological polar surface area (TPSA) is 94.9 Å². The smallest absolute Gasteiger partial charge is 0.257 e. The Kier molecular flexibility index (Phi) is 9.03. The minimum absolute atomic E-state index is 0.136. The number of nitrogens with zero attached hydrogens (tertiary/aromatic N) is 1. The number of rotatable bonds is 10. The predicted molar refractivity (Wildman–Crippen MR) is 157 cm³/mol. The van der Waals surface area contributed by atoms with E-state index in [1.807, 2.05) is 51.1 Å². The Bertz CT molecular complexity index is 1440. The number of thiocarbonyl (C=S) groups is 1. The Balaban J connectivity index is 1.48. The van der Waals surface area contributed by atoms with Gasteiger partial charge >= 0.3 is 0 Å². The molecule has 0 saturated carbocycles. The van der Waals surface area contributed by atoms with E-state index >= 15 is 0 Å². The zero-order valence-corrected chi connectivity index (χ0v) is 23.6. The van der Waals surface area contributed by atoms with Gasteiger partial charge in [0.2, 0.25) is 11.6 Å². The molecule has 0 spiro atoms. The number of fused-ring (bicyclic) bond motifs is 1. The Hall–Kier alpha value is -4.11. The maximum Gasteiger partial charge on any atom is 0.257 e. The molecular formula is C30H33N3O5S. The van der Waals surface area contributed by atoms with Gasteiger partial charge in [-0.2, -0.15) is 0 Å². The van der Waals surface area contributed by atoms with E-state index in [0.29, 0.717) is 71.2 Å². The van der Waals surface area contributed by atoms with E-state index in [0.717, 1.165) is 5.56 Å². The van der Waals surface area contributed by atoms with Crippen molar-refractivity contribution in [1.82, 2.24) is 10.3 Å². The SMILES string of the molecule is CCOc1cc(C(=O)NC(=S)Nc2ccc3oc(-c4ccc(C(C)C)cc4)nc3c2)cc(OCC)c1OCC. The van der Waals surface area contributed by atoms with Crippen LogP contribution < -0.4 is 24.8 Å². The summed E-state index contributed by atoms with van der Waals surface area (Å²) in [5.74, 6) is 1.91. The first kappa shape index (κ1) is 27.9. The highest BCUT2D eigenvalue weighted by atomic mass is 32.1. The van der Waals surface area contributed by atoms with Crippen molar-refractivity contribution in [3.05, 3.63) is 65.7 Å². The van der Waals surface area contributed by atoms with Crippen molar-refractivity contribution >= 4 is 40.0 Å². The van der Waals surface area contributed by atoms with Gasteiger partial charge in [-0.1, -0.05) is 26.0 Å². The van der Waals surface area contributed by atoms with Crippen molar-refractivity contribution in [2.24, 2.45) is 0 Å². The fraction of sp³-hybridized carbons (Fsp3) is 0.300. The molecule has 0 aliphatic carbocycles. The number of benzene rings is 3. The quantitative estimate of drug-likeness (QED) is 0.206. The van der Waals surface area contributed by atoms with Gasteiger partial charge in [-0.3, -0.25) is 10.1 Å². The molecule has 0 radical (unpaired) electrons. The van der Waals surface area contributed by atoms with E-state index in [1.165, 1.54) is 5.56 Å². The lowest BCUT2D eigenvalue weighted by atomic mass is 10.0. The predicted octanol–water partition coefficient (Wildman–Crippen LogP) is 6.94. The summed E-state index contributed by atoms with van der Waals surface area (Å²) in [5, 5.41) is 5.90. The summed E-state index contributed by atoms with van der Waals surface area (Å²) in [6.07, 6.45) is 0. The van der Waals surface area contributed by atoms with Crippen LogP contribution in [0.1, 0.15) is 56.5 Å². The monoisotopic (exact) mass is 547 g/mol. The molecule has 1 heterocycles. The molecule has 1 amide bonds. The summed E-state index contributed by atoms with van der Waals surface area (Å²) in [6, 6.07) is 16.9. The fourth-order valence-corrected chi connectivity index (χ4v) is 4.21. The van der Waals surface area contributed by atoms with Crippen LogP contribution in [-0.4, -0.2) is 35.8 Å². The highest BCUT2D eigenvalue weighted by molar-refractivity contribution is 7.80. The van der Waals surface area contributed by atoms with Crippen molar-refractivity contribution in [1.29, 1.82) is 0 Å². The van der Waals surface area contributed by atoms with Crippen molar-refractivity contribution in [3.63, 3.8) is 0 Å². The lowest BCUT2D eigenvalue weighted by molar-refractivity contribution is 0.0976. The van der Waals surface area contributed by atoms with Crippen LogP contribution >= 0.6 is 12.2 Å². The first-order chi connectivity index (χ1) is 18.8. The number of carbonyl (C=O) groups excluding carboxylic acids is 1. The minimum Gasteiger partial charge on any atom is -0.490 e. The van der Waals surface area contributed by atoms with Gasteiger partial charge in [-0.05, 0) is 86.9 Å². The van der Waals surface area contributed by atoms with E-state index in [2.05, 4.69) is 41.6 Å². The Morgan fingerprint density at radius 1 is 0.923 bits per heavy atom. The van der Waals surface area contributed by atoms with Crippen LogP contribution in [0, 0.1) is 0 Å². The standard InChI is InChI=1S/C30H33N3O5S/c1-6-35-25-15-21(16-26(36-7-2)27(25)37-8-3)28(34)33-30(39)31-22-13-14-24-23(17-22)32-29(38-24)20-11-9-19(10-12-20)18(4)5/h9-18H,6-8H2,1-5H3,(H2,31,33,34,39). The summed E-state index contributed by atoms with van der Waals surface area (Å²) in [4.78, 5) is 17.7. The number of carbonyl (C=O) groups is 1. The maximum absolute atomic E-state index is 13.0. The molecule has 0 aliphatic heterocycles. The van der Waals surface area contributed by atoms with Gasteiger partial charge in [0.1, 0.15) is 5.52 Å². The second-order valence-corrected chi connectivity index (χ2v) is 9.40. The summed E-state index contributed by atoms with van der Waals surface area (Å²) in [7, 11) is 0. The van der Waals surface area contributed by atoms with E-state index < -0.39 is 5.91 Å². The summed E-state index contributed by atoms with van der Waals surface area (Å²) >= 11 is 5.41. The zero-order chi connectivity index (χ0) is 27.9. The van der Waals surface area contributed by atoms with E-state index in [1.54, 1.807) is 12.1 Å². The van der Waals surface area contributed by atoms with Crippen LogP contribution in [0.5, 0.6) is 17.2 Å². The third-order valence-electron chi connectivity index (χ3n) is 5.87. The summed E-state index contributed by atoms with van der Waals surface area (Å²) in [5.41, 5.74) is 4.48. The third-order valence-corrected chi connectivity index (χ3v) is 6.07. The van der Waals surface area contributed by atoms with Gasteiger partial charge in [0, 0.05) is 16.8 Å². The molecule has 1 aromatic heterocycles. The van der Waals surface area contributed by atoms with Gasteiger partial charge in [0.15, 0.2) is 22.2 Å². The van der Waals surface area contributed by atoms with Crippen molar-refractivity contribution in [2.45, 2.75) is 40.5 Å². The van der Waals surface area contributed by atoms with Gasteiger partial charge in [-0.25, -0.2) is 4.98 Å². The lowest BCUT2D eigenvalue weighted by Crippen LogP contribution is -2.34. The van der Waals surface area contributed by atoms with Crippen molar-refractivity contribution in [3.8, 4) is 28.7 Å². The molecule has 9 heteroatoms. The van der Waals surface area contributed by atoms with Crippen LogP contribution in [0.2, 0.25) is 0 Å². The van der Waals surface area contributed by atoms with Crippen LogP contribution in [0.25, 0.3) is 22.6 Å². The van der Waals surface area contributed by atoms with Crippen LogP contribution in [0.15, 0.2) is 59.0 Å². The molecule has 2 N–H and O–H groups in total. The molecule has 0 aliphatic rings. The Morgan fingerprint density at radius 2 is 1.56 bits per heavy atom. The largest absolute Gasteiger partial charge is 0.490 e. The second-order valence-electron chi connectivity index (χ2n) is 8.99. The average molecular weight is 548 g/mol. The normalized spacial score (nSPS) is 10.9. The average Bonchev–Trinajstić information content (AvgIpc) is 3.34. The van der Waals surface area contributed by atoms with Gasteiger partial charge in [0.25, 0.3) is 5.91 Å². The molecule has 204 valence electrons. The first-order valence-corrected chi connectivity index (χ1v) is 13.4. The molecule has 0 unspecified atom stereocenters. The second kappa shape index (κ2) is 12.6. The minimum atomic E-state index is -0.410. The fourth-order valence-electron chi connectivity index (χ4n) is 4.00. The first-order valence-electron chi connectivity index (χ1n) is 13.0. The number of hydrogen-bond acceptors (Lipinski definition) is 7. The number of anilines is 1. The van der Waals surface area contributed by atoms with Crippen LogP contribution in [-0.2, 0) is 0 Å². The highest BCUT2D eigenvalue weighted by Gasteiger charge is 2.19. The number of oxazole rings is 1. The molecule has 8 nitrogen and oxygen atoms in total. The number of amides is 1. The molecule has 4 rings (SSSR count). The molecule has 0 bridgehead atoms. The molecule has 0 fully saturated rings. The zero-order valence-electron chi connectivity index (χ0n) is 22.8. The molecule has 0 saturated heterocycles. The molecule has 39 heavy (non-hydrogen) atoms. The Labute approximate surface area is 233 Å². The molecule has 3 aromatic carbocycles. The van der Waals surface area contributed by atoms with Gasteiger partial charge < -0.3 is 23.9 Å². The lowest BCUT2D eigenvalue weighted by Gasteiger charge is -2.17. The van der Waals surface area contributed by atoms with Crippen molar-refractivity contribution in [2.75, 3.05) is 25.1 Å². The van der Waals surface area contributed by atoms with Crippen LogP contribution in [0.4, 0.5) is 5.69 Å². The number of ether oxygens (including phenoxy) is 3. The molecular weight excluding hydrogens is 514 g/mol. The maximum atomic E-state index is 13.0. The van der Waals surface area contributed by atoms with E-state index in [9.17, 15) is 4.79 Å². The number of hydrogen-bond donors (Lipinski definition) is 2. The van der Waals surface area contributed by atoms with Gasteiger partial charge in [-0.15, -0.1) is 0 Å². The Morgan fingerprint density at radius 3 is 2.15 bits per heavy atom. The molecule has 4 aromatic rings. The van der Waals surface area contributed by atoms with Gasteiger partial charge in [0.05, 0.1) is 19.8 Å². The summed E-state index contributed by atoms with van der Waals surface area (Å²) in [6.45, 7) is 11.2. The van der Waals surface area contributed by atoms with Crippen molar-refractivity contribution < 1.29 is 23.4 Å². The number of nitrogens with one attached hydrogen (secondary N) is 2. The number of aromatic nitrogens is 1. The van der Waals surface area contributed by atoms with Crippen LogP contribution in [0.3, 0.4) is 0 Å².